The summed E-state index contributed by atoms with van der Waals surface area (Å²) < 4.78 is 5.11. The van der Waals surface area contributed by atoms with Crippen molar-refractivity contribution >= 4 is 5.78 Å². The monoisotopic (exact) mass is 277 g/mol. The maximum atomic E-state index is 12.7. The number of ether oxygens (including phenoxy) is 1. The van der Waals surface area contributed by atoms with Crippen molar-refractivity contribution in [2.45, 2.75) is 18.8 Å². The zero-order valence-corrected chi connectivity index (χ0v) is 11.8. The van der Waals surface area contributed by atoms with E-state index in [4.69, 9.17) is 10.00 Å². The molecule has 0 saturated heterocycles. The summed E-state index contributed by atoms with van der Waals surface area (Å²) in [6, 6.07) is 15.1. The lowest BCUT2D eigenvalue weighted by molar-refractivity contribution is 0.103. The lowest BCUT2D eigenvalue weighted by atomic mass is 9.94. The number of carbonyl (C=O) groups is 1. The molecule has 0 radical (unpaired) electrons. The summed E-state index contributed by atoms with van der Waals surface area (Å²) >= 11 is 0. The van der Waals surface area contributed by atoms with E-state index in [1.165, 1.54) is 0 Å². The van der Waals surface area contributed by atoms with Crippen molar-refractivity contribution in [3.8, 4) is 11.8 Å². The van der Waals surface area contributed by atoms with Crippen LogP contribution < -0.4 is 4.74 Å². The molecule has 1 atom stereocenters. The summed E-state index contributed by atoms with van der Waals surface area (Å²) in [7, 11) is 1.60. The maximum absolute atomic E-state index is 12.7. The number of nitrogens with zero attached hydrogens (tertiary/aromatic N) is 1. The summed E-state index contributed by atoms with van der Waals surface area (Å²) in [5.41, 5.74) is 3.40. The highest BCUT2D eigenvalue weighted by molar-refractivity contribution is 6.10. The Kier molecular flexibility index (Phi) is 3.45. The van der Waals surface area contributed by atoms with Gasteiger partial charge in [0.15, 0.2) is 5.78 Å². The average molecular weight is 277 g/mol. The van der Waals surface area contributed by atoms with Crippen LogP contribution in [-0.2, 0) is 6.42 Å². The van der Waals surface area contributed by atoms with Crippen LogP contribution in [0.1, 0.15) is 39.4 Å². The molecule has 1 unspecified atom stereocenters. The zero-order valence-electron chi connectivity index (χ0n) is 11.8. The zero-order chi connectivity index (χ0) is 14.8. The Labute approximate surface area is 123 Å². The number of benzene rings is 2. The fraction of sp³-hybridized carbons (Fsp3) is 0.222. The van der Waals surface area contributed by atoms with Gasteiger partial charge in [0.2, 0.25) is 0 Å². The van der Waals surface area contributed by atoms with Crippen LogP contribution in [0.2, 0.25) is 0 Å². The van der Waals surface area contributed by atoms with Crippen LogP contribution in [-0.4, -0.2) is 12.9 Å². The lowest BCUT2D eigenvalue weighted by Gasteiger charge is -2.09. The quantitative estimate of drug-likeness (QED) is 0.807. The van der Waals surface area contributed by atoms with Gasteiger partial charge in [-0.05, 0) is 48.2 Å². The molecule has 2 aromatic carbocycles. The molecule has 0 bridgehead atoms. The predicted molar refractivity (Wildman–Crippen MR) is 79.5 cm³/mol. The van der Waals surface area contributed by atoms with Crippen molar-refractivity contribution in [1.82, 2.24) is 0 Å². The van der Waals surface area contributed by atoms with Gasteiger partial charge in [0.25, 0.3) is 0 Å². The van der Waals surface area contributed by atoms with Crippen LogP contribution in [0.5, 0.6) is 5.75 Å². The van der Waals surface area contributed by atoms with Crippen molar-refractivity contribution < 1.29 is 9.53 Å². The second kappa shape index (κ2) is 5.41. The highest BCUT2D eigenvalue weighted by Crippen LogP contribution is 2.35. The average Bonchev–Trinajstić information content (AvgIpc) is 2.97. The summed E-state index contributed by atoms with van der Waals surface area (Å²) in [6.45, 7) is 0. The van der Waals surface area contributed by atoms with Gasteiger partial charge in [-0.3, -0.25) is 4.79 Å². The van der Waals surface area contributed by atoms with E-state index in [-0.39, 0.29) is 11.7 Å². The molecular weight excluding hydrogens is 262 g/mol. The molecule has 0 heterocycles. The molecule has 0 N–H and O–H groups in total. The molecule has 3 nitrogen and oxygen atoms in total. The van der Waals surface area contributed by atoms with Crippen LogP contribution >= 0.6 is 0 Å². The second-order valence-corrected chi connectivity index (χ2v) is 5.15. The maximum Gasteiger partial charge on any atom is 0.193 e. The van der Waals surface area contributed by atoms with Crippen molar-refractivity contribution in [3.63, 3.8) is 0 Å². The summed E-state index contributed by atoms with van der Waals surface area (Å²) in [4.78, 5) is 12.7. The van der Waals surface area contributed by atoms with Gasteiger partial charge in [-0.25, -0.2) is 0 Å². The summed E-state index contributed by atoms with van der Waals surface area (Å²) in [6.07, 6.45) is 1.60. The number of hydrogen-bond donors (Lipinski definition) is 0. The van der Waals surface area contributed by atoms with Gasteiger partial charge in [-0.1, -0.05) is 18.2 Å². The fourth-order valence-corrected chi connectivity index (χ4v) is 2.90. The van der Waals surface area contributed by atoms with Crippen molar-refractivity contribution in [1.29, 1.82) is 5.26 Å². The molecule has 0 fully saturated rings. The van der Waals surface area contributed by atoms with E-state index in [1.807, 2.05) is 18.2 Å². The third-order valence-corrected chi connectivity index (χ3v) is 4.02. The Morgan fingerprint density at radius 2 is 2.00 bits per heavy atom. The number of nitriles is 1. The van der Waals surface area contributed by atoms with Crippen molar-refractivity contribution in [2.75, 3.05) is 7.11 Å². The SMILES string of the molecule is COc1ccc(C(=O)c2cccc3c2CCC3C#N)cc1. The number of ketones is 1. The van der Waals surface area contributed by atoms with Gasteiger partial charge >= 0.3 is 0 Å². The first-order valence-corrected chi connectivity index (χ1v) is 6.94. The molecule has 0 aromatic heterocycles. The molecule has 3 rings (SSSR count). The van der Waals surface area contributed by atoms with E-state index in [2.05, 4.69) is 6.07 Å². The van der Waals surface area contributed by atoms with E-state index in [9.17, 15) is 4.79 Å². The largest absolute Gasteiger partial charge is 0.497 e. The van der Waals surface area contributed by atoms with Gasteiger partial charge in [0, 0.05) is 11.1 Å². The molecule has 1 aliphatic carbocycles. The van der Waals surface area contributed by atoms with Crippen molar-refractivity contribution in [3.05, 3.63) is 64.7 Å². The number of carbonyl (C=O) groups excluding carboxylic acids is 1. The normalized spacial score (nSPS) is 16.1. The molecule has 3 heteroatoms. The Balaban J connectivity index is 1.99. The minimum absolute atomic E-state index is 0.00749. The van der Waals surface area contributed by atoms with Crippen LogP contribution in [0, 0.1) is 11.3 Å². The summed E-state index contributed by atoms with van der Waals surface area (Å²) in [5, 5.41) is 9.17. The molecule has 0 spiro atoms. The topological polar surface area (TPSA) is 50.1 Å². The van der Waals surface area contributed by atoms with Crippen LogP contribution in [0.3, 0.4) is 0 Å². The number of methoxy groups -OCH3 is 1. The minimum atomic E-state index is -0.0800. The Morgan fingerprint density at radius 1 is 1.24 bits per heavy atom. The van der Waals surface area contributed by atoms with Gasteiger partial charge in [0.05, 0.1) is 19.1 Å². The van der Waals surface area contributed by atoms with Gasteiger partial charge in [-0.2, -0.15) is 5.26 Å². The molecule has 0 aliphatic heterocycles. The van der Waals surface area contributed by atoms with Crippen LogP contribution in [0.4, 0.5) is 0 Å². The standard InChI is InChI=1S/C18H15NO2/c1-21-14-8-5-12(6-9-14)18(20)17-4-2-3-15-13(11-19)7-10-16(15)17/h2-6,8-9,13H,7,10H2,1H3. The molecular formula is C18H15NO2. The van der Waals surface area contributed by atoms with E-state index in [0.717, 1.165) is 35.3 Å². The summed E-state index contributed by atoms with van der Waals surface area (Å²) in [5.74, 6) is 0.658. The van der Waals surface area contributed by atoms with Gasteiger partial charge in [0.1, 0.15) is 5.75 Å². The molecule has 2 aromatic rings. The van der Waals surface area contributed by atoms with Crippen LogP contribution in [0.25, 0.3) is 0 Å². The Bertz CT molecular complexity index is 726. The number of rotatable bonds is 3. The first-order valence-electron chi connectivity index (χ1n) is 6.94. The first-order chi connectivity index (χ1) is 10.2. The minimum Gasteiger partial charge on any atom is -0.497 e. The lowest BCUT2D eigenvalue weighted by Crippen LogP contribution is -2.05. The molecule has 1 aliphatic rings. The van der Waals surface area contributed by atoms with E-state index < -0.39 is 0 Å². The highest BCUT2D eigenvalue weighted by Gasteiger charge is 2.26. The Hall–Kier alpha value is -2.60. The van der Waals surface area contributed by atoms with E-state index in [0.29, 0.717) is 5.56 Å². The predicted octanol–water partition coefficient (Wildman–Crippen LogP) is 3.48. The van der Waals surface area contributed by atoms with Gasteiger partial charge in [-0.15, -0.1) is 0 Å². The smallest absolute Gasteiger partial charge is 0.193 e. The van der Waals surface area contributed by atoms with Crippen LogP contribution in [0.15, 0.2) is 42.5 Å². The molecule has 0 saturated carbocycles. The number of hydrogen-bond acceptors (Lipinski definition) is 3. The van der Waals surface area contributed by atoms with E-state index in [1.54, 1.807) is 31.4 Å². The third-order valence-electron chi connectivity index (χ3n) is 4.02. The highest BCUT2D eigenvalue weighted by atomic mass is 16.5. The first kappa shape index (κ1) is 13.4. The third kappa shape index (κ3) is 2.30. The van der Waals surface area contributed by atoms with Crippen molar-refractivity contribution in [2.24, 2.45) is 0 Å². The fourth-order valence-electron chi connectivity index (χ4n) is 2.90. The van der Waals surface area contributed by atoms with Gasteiger partial charge < -0.3 is 4.74 Å². The Morgan fingerprint density at radius 3 is 2.67 bits per heavy atom. The second-order valence-electron chi connectivity index (χ2n) is 5.15. The number of fused-ring (bicyclic) bond motifs is 1. The molecule has 104 valence electrons. The molecule has 21 heavy (non-hydrogen) atoms. The van der Waals surface area contributed by atoms with E-state index >= 15 is 0 Å². The molecule has 0 amide bonds.